The van der Waals surface area contributed by atoms with Crippen molar-refractivity contribution < 1.29 is 0 Å². The van der Waals surface area contributed by atoms with Gasteiger partial charge in [-0.15, -0.1) is 0 Å². The molecule has 21 heavy (non-hydrogen) atoms. The van der Waals surface area contributed by atoms with E-state index < -0.39 is 0 Å². The summed E-state index contributed by atoms with van der Waals surface area (Å²) in [6, 6.07) is 13.2. The van der Waals surface area contributed by atoms with E-state index in [2.05, 4.69) is 62.4 Å². The minimum atomic E-state index is 0. The van der Waals surface area contributed by atoms with Crippen molar-refractivity contribution in [2.24, 2.45) is 11.8 Å². The van der Waals surface area contributed by atoms with Crippen molar-refractivity contribution in [3.05, 3.63) is 46.8 Å². The van der Waals surface area contributed by atoms with Crippen molar-refractivity contribution in [1.29, 1.82) is 0 Å². The van der Waals surface area contributed by atoms with Crippen LogP contribution >= 0.6 is 0 Å². The van der Waals surface area contributed by atoms with Gasteiger partial charge in [0.05, 0.1) is 0 Å². The monoisotopic (exact) mass is 284 g/mol. The highest BCUT2D eigenvalue weighted by Crippen LogP contribution is 2.16. The summed E-state index contributed by atoms with van der Waals surface area (Å²) in [6.45, 7) is 12.6. The zero-order valence-corrected chi connectivity index (χ0v) is 13.8. The summed E-state index contributed by atoms with van der Waals surface area (Å²) in [6.07, 6.45) is 4.79. The smallest absolute Gasteiger partial charge is 0.0178 e. The summed E-state index contributed by atoms with van der Waals surface area (Å²) in [4.78, 5) is 0. The maximum absolute atomic E-state index is 2.40. The van der Waals surface area contributed by atoms with Gasteiger partial charge in [-0.05, 0) is 45.2 Å². The fourth-order valence-corrected chi connectivity index (χ4v) is 2.43. The van der Waals surface area contributed by atoms with Gasteiger partial charge in [-0.25, -0.2) is 0 Å². The van der Waals surface area contributed by atoms with Crippen LogP contribution in [0.15, 0.2) is 36.4 Å². The van der Waals surface area contributed by atoms with E-state index in [9.17, 15) is 0 Å². The molecule has 0 spiro atoms. The molecule has 0 saturated heterocycles. The van der Waals surface area contributed by atoms with Crippen molar-refractivity contribution in [3.8, 4) is 0 Å². The molecule has 116 valence electrons. The van der Waals surface area contributed by atoms with Gasteiger partial charge in [-0.1, -0.05) is 85.4 Å². The van der Waals surface area contributed by atoms with Crippen LogP contribution in [-0.4, -0.2) is 0 Å². The zero-order valence-electron chi connectivity index (χ0n) is 13.8. The molecule has 0 fully saturated rings. The normalized spacial score (nSPS) is 18.4. The highest BCUT2D eigenvalue weighted by Gasteiger charge is 2.10. The maximum Gasteiger partial charge on any atom is -0.0178 e. The fraction of sp³-hybridized carbons (Fsp3) is 0.429. The number of benzene rings is 2. The third-order valence-electron chi connectivity index (χ3n) is 3.67. The number of rotatable bonds is 0. The first-order valence-electron chi connectivity index (χ1n) is 7.96. The highest BCUT2D eigenvalue weighted by atomic mass is 14.1. The molecule has 0 heterocycles. The Labute approximate surface area is 131 Å². The quantitative estimate of drug-likeness (QED) is 0.609. The average Bonchev–Trinajstić information content (AvgIpc) is 2.51. The second kappa shape index (κ2) is 9.39. The lowest BCUT2D eigenvalue weighted by molar-refractivity contribution is 0.608. The third-order valence-corrected chi connectivity index (χ3v) is 3.67. The van der Waals surface area contributed by atoms with E-state index in [1.165, 1.54) is 21.2 Å². The largest absolute Gasteiger partial charge is 0.0776 e. The van der Waals surface area contributed by atoms with Crippen LogP contribution in [0.2, 0.25) is 0 Å². The predicted molar refractivity (Wildman–Crippen MR) is 99.9 cm³/mol. The lowest BCUT2D eigenvalue weighted by atomic mass is 9.89. The molecule has 0 bridgehead atoms. The van der Waals surface area contributed by atoms with E-state index in [0.717, 1.165) is 0 Å². The Morgan fingerprint density at radius 3 is 1.33 bits per heavy atom. The molecule has 0 saturated carbocycles. The molecular formula is C21H32. The molecule has 2 aromatic rings. The SMILES string of the molecule is C.CC.CC.CC1C=c2cc3ccccc3cc2=CC1C. The molecule has 0 amide bonds. The second-order valence-corrected chi connectivity index (χ2v) is 4.88. The molecule has 0 heteroatoms. The van der Waals surface area contributed by atoms with Crippen molar-refractivity contribution in [2.45, 2.75) is 49.0 Å². The molecule has 1 aliphatic carbocycles. The van der Waals surface area contributed by atoms with Gasteiger partial charge in [0.1, 0.15) is 0 Å². The Bertz CT molecular complexity index is 591. The first-order valence-corrected chi connectivity index (χ1v) is 7.96. The van der Waals surface area contributed by atoms with Gasteiger partial charge in [-0.3, -0.25) is 0 Å². The summed E-state index contributed by atoms with van der Waals surface area (Å²) >= 11 is 0. The molecule has 2 atom stereocenters. The Morgan fingerprint density at radius 1 is 0.667 bits per heavy atom. The first kappa shape index (κ1) is 19.4. The van der Waals surface area contributed by atoms with Gasteiger partial charge >= 0.3 is 0 Å². The molecule has 3 rings (SSSR count). The Kier molecular flexibility index (Phi) is 8.69. The molecule has 0 N–H and O–H groups in total. The van der Waals surface area contributed by atoms with Crippen molar-refractivity contribution in [1.82, 2.24) is 0 Å². The molecule has 2 unspecified atom stereocenters. The van der Waals surface area contributed by atoms with Gasteiger partial charge in [0.25, 0.3) is 0 Å². The summed E-state index contributed by atoms with van der Waals surface area (Å²) in [5.74, 6) is 1.29. The molecular weight excluding hydrogens is 252 g/mol. The van der Waals surface area contributed by atoms with Crippen LogP contribution in [0.4, 0.5) is 0 Å². The Morgan fingerprint density at radius 2 is 1.00 bits per heavy atom. The lowest BCUT2D eigenvalue weighted by Gasteiger charge is -2.16. The lowest BCUT2D eigenvalue weighted by Crippen LogP contribution is -2.31. The molecule has 0 aliphatic heterocycles. The van der Waals surface area contributed by atoms with Crippen LogP contribution in [-0.2, 0) is 0 Å². The number of hydrogen-bond donors (Lipinski definition) is 0. The minimum Gasteiger partial charge on any atom is -0.0776 e. The molecule has 1 aliphatic rings. The van der Waals surface area contributed by atoms with Gasteiger partial charge in [-0.2, -0.15) is 0 Å². The van der Waals surface area contributed by atoms with Crippen LogP contribution in [0.5, 0.6) is 0 Å². The van der Waals surface area contributed by atoms with E-state index >= 15 is 0 Å². The third kappa shape index (κ3) is 4.46. The van der Waals surface area contributed by atoms with E-state index in [1.54, 1.807) is 0 Å². The predicted octanol–water partition coefficient (Wildman–Crippen LogP) is 5.38. The van der Waals surface area contributed by atoms with E-state index in [-0.39, 0.29) is 7.43 Å². The summed E-state index contributed by atoms with van der Waals surface area (Å²) in [5.41, 5.74) is 0. The van der Waals surface area contributed by atoms with Crippen LogP contribution in [0, 0.1) is 11.8 Å². The fourth-order valence-electron chi connectivity index (χ4n) is 2.43. The van der Waals surface area contributed by atoms with Crippen LogP contribution < -0.4 is 10.4 Å². The van der Waals surface area contributed by atoms with Crippen LogP contribution in [0.25, 0.3) is 22.9 Å². The summed E-state index contributed by atoms with van der Waals surface area (Å²) in [7, 11) is 0. The topological polar surface area (TPSA) is 0 Å². The second-order valence-electron chi connectivity index (χ2n) is 4.88. The Balaban J connectivity index is 0.000000741. The molecule has 0 aromatic heterocycles. The van der Waals surface area contributed by atoms with Gasteiger partial charge in [0.2, 0.25) is 0 Å². The van der Waals surface area contributed by atoms with Crippen LogP contribution in [0.1, 0.15) is 49.0 Å². The highest BCUT2D eigenvalue weighted by molar-refractivity contribution is 5.83. The average molecular weight is 284 g/mol. The van der Waals surface area contributed by atoms with E-state index in [1.807, 2.05) is 27.7 Å². The van der Waals surface area contributed by atoms with Crippen molar-refractivity contribution >= 4 is 22.9 Å². The zero-order chi connectivity index (χ0) is 15.1. The van der Waals surface area contributed by atoms with Crippen molar-refractivity contribution in [2.75, 3.05) is 0 Å². The Hall–Kier alpha value is -1.56. The van der Waals surface area contributed by atoms with Gasteiger partial charge in [0, 0.05) is 0 Å². The van der Waals surface area contributed by atoms with Gasteiger partial charge in [0.15, 0.2) is 0 Å². The maximum atomic E-state index is 2.40. The summed E-state index contributed by atoms with van der Waals surface area (Å²) in [5, 5.41) is 5.47. The van der Waals surface area contributed by atoms with E-state index in [4.69, 9.17) is 0 Å². The molecule has 0 radical (unpaired) electrons. The molecule has 2 aromatic carbocycles. The van der Waals surface area contributed by atoms with Crippen LogP contribution in [0.3, 0.4) is 0 Å². The van der Waals surface area contributed by atoms with Gasteiger partial charge < -0.3 is 0 Å². The molecule has 0 nitrogen and oxygen atoms in total. The standard InChI is InChI=1S/C16H16.2C2H6.CH4/c1-11-7-15-9-13-5-3-4-6-14(13)10-16(15)8-12(11)2;2*1-2;/h3-12H,1-2H3;2*1-2H3;1H4. The number of fused-ring (bicyclic) bond motifs is 2. The van der Waals surface area contributed by atoms with Crippen molar-refractivity contribution in [3.63, 3.8) is 0 Å². The minimum absolute atomic E-state index is 0. The van der Waals surface area contributed by atoms with E-state index in [0.29, 0.717) is 11.8 Å². The first-order chi connectivity index (χ1) is 9.74. The summed E-state index contributed by atoms with van der Waals surface area (Å²) < 4.78 is 0. The number of hydrogen-bond acceptors (Lipinski definition) is 0.